The van der Waals surface area contributed by atoms with Gasteiger partial charge in [0.15, 0.2) is 5.82 Å². The average Bonchev–Trinajstić information content (AvgIpc) is 3.05. The fraction of sp³-hybridized carbons (Fsp3) is 0.100. The van der Waals surface area contributed by atoms with E-state index in [1.165, 1.54) is 6.07 Å². The van der Waals surface area contributed by atoms with E-state index in [1.807, 2.05) is 0 Å². The molecular weight excluding hydrogens is 366 g/mol. The van der Waals surface area contributed by atoms with Crippen LogP contribution < -0.4 is 10.6 Å². The molecule has 8 heteroatoms. The van der Waals surface area contributed by atoms with Crippen molar-refractivity contribution in [1.82, 2.24) is 15.3 Å². The van der Waals surface area contributed by atoms with E-state index >= 15 is 0 Å². The standard InChI is InChI=1S/C20H14F2N4O2/c21-13-2-1-3-14(22)16(13)18-25-15-10-23-20(28)17(15)19(26-18)24-12-6-4-11(5-7-12)8-9-27/h1-7,9H,8,10H2,(H,23,28)(H,24,25,26). The summed E-state index contributed by atoms with van der Waals surface area (Å²) >= 11 is 0. The topological polar surface area (TPSA) is 84.0 Å². The van der Waals surface area contributed by atoms with Gasteiger partial charge in [-0.2, -0.15) is 0 Å². The van der Waals surface area contributed by atoms with Crippen LogP contribution in [0.2, 0.25) is 0 Å². The first kappa shape index (κ1) is 17.7. The van der Waals surface area contributed by atoms with Crippen molar-refractivity contribution in [1.29, 1.82) is 0 Å². The van der Waals surface area contributed by atoms with Gasteiger partial charge in [-0.25, -0.2) is 18.7 Å². The van der Waals surface area contributed by atoms with Crippen LogP contribution in [0.15, 0.2) is 42.5 Å². The van der Waals surface area contributed by atoms with Gasteiger partial charge in [0.1, 0.15) is 29.3 Å². The molecule has 0 bridgehead atoms. The predicted octanol–water partition coefficient (Wildman–Crippen LogP) is 3.15. The van der Waals surface area contributed by atoms with Gasteiger partial charge in [0, 0.05) is 12.1 Å². The Morgan fingerprint density at radius 2 is 1.75 bits per heavy atom. The zero-order chi connectivity index (χ0) is 19.7. The third-order valence-corrected chi connectivity index (χ3v) is 4.35. The number of rotatable bonds is 5. The molecule has 0 fully saturated rings. The Bertz CT molecular complexity index is 1060. The van der Waals surface area contributed by atoms with Crippen LogP contribution in [0.25, 0.3) is 11.4 Å². The summed E-state index contributed by atoms with van der Waals surface area (Å²) in [6.07, 6.45) is 1.10. The number of carbonyl (C=O) groups is 2. The van der Waals surface area contributed by atoms with E-state index in [0.29, 0.717) is 17.8 Å². The molecule has 0 saturated carbocycles. The highest BCUT2D eigenvalue weighted by molar-refractivity contribution is 6.03. The monoisotopic (exact) mass is 380 g/mol. The van der Waals surface area contributed by atoms with Gasteiger partial charge in [-0.15, -0.1) is 0 Å². The van der Waals surface area contributed by atoms with E-state index in [1.54, 1.807) is 24.3 Å². The smallest absolute Gasteiger partial charge is 0.257 e. The van der Waals surface area contributed by atoms with Crippen LogP contribution in [0.5, 0.6) is 0 Å². The summed E-state index contributed by atoms with van der Waals surface area (Å²) in [7, 11) is 0. The van der Waals surface area contributed by atoms with Crippen molar-refractivity contribution >= 4 is 23.7 Å². The fourth-order valence-electron chi connectivity index (χ4n) is 3.00. The molecule has 28 heavy (non-hydrogen) atoms. The molecule has 1 amide bonds. The van der Waals surface area contributed by atoms with Crippen molar-refractivity contribution in [2.24, 2.45) is 0 Å². The van der Waals surface area contributed by atoms with Gasteiger partial charge in [0.05, 0.1) is 17.8 Å². The number of nitrogens with zero attached hydrogens (tertiary/aromatic N) is 2. The summed E-state index contributed by atoms with van der Waals surface area (Å²) in [6.45, 7) is 0.146. The van der Waals surface area contributed by atoms with E-state index in [-0.39, 0.29) is 35.2 Å². The third-order valence-electron chi connectivity index (χ3n) is 4.35. The lowest BCUT2D eigenvalue weighted by Gasteiger charge is -2.12. The molecule has 1 aromatic heterocycles. The molecule has 140 valence electrons. The minimum Gasteiger partial charge on any atom is -0.346 e. The van der Waals surface area contributed by atoms with Crippen molar-refractivity contribution < 1.29 is 18.4 Å². The van der Waals surface area contributed by atoms with Crippen molar-refractivity contribution in [3.63, 3.8) is 0 Å². The lowest BCUT2D eigenvalue weighted by atomic mass is 10.1. The van der Waals surface area contributed by atoms with E-state index in [2.05, 4.69) is 20.6 Å². The van der Waals surface area contributed by atoms with Gasteiger partial charge < -0.3 is 15.4 Å². The van der Waals surface area contributed by atoms with Crippen LogP contribution >= 0.6 is 0 Å². The highest BCUT2D eigenvalue weighted by Crippen LogP contribution is 2.30. The number of fused-ring (bicyclic) bond motifs is 1. The number of amides is 1. The van der Waals surface area contributed by atoms with Crippen LogP contribution in [-0.4, -0.2) is 22.2 Å². The highest BCUT2D eigenvalue weighted by atomic mass is 19.1. The zero-order valence-corrected chi connectivity index (χ0v) is 14.5. The quantitative estimate of drug-likeness (QED) is 0.665. The molecule has 0 atom stereocenters. The normalized spacial score (nSPS) is 12.4. The summed E-state index contributed by atoms with van der Waals surface area (Å²) in [5, 5.41) is 5.65. The Morgan fingerprint density at radius 3 is 2.43 bits per heavy atom. The number of aldehydes is 1. The summed E-state index contributed by atoms with van der Waals surface area (Å²) in [5.41, 5.74) is 1.68. The van der Waals surface area contributed by atoms with Gasteiger partial charge in [-0.1, -0.05) is 18.2 Å². The molecule has 1 aliphatic heterocycles. The number of hydrogen-bond acceptors (Lipinski definition) is 5. The number of hydrogen-bond donors (Lipinski definition) is 2. The Kier molecular flexibility index (Phi) is 4.52. The number of halogens is 2. The van der Waals surface area contributed by atoms with Crippen LogP contribution in [0, 0.1) is 11.6 Å². The molecular formula is C20H14F2N4O2. The van der Waals surface area contributed by atoms with Crippen LogP contribution in [0.3, 0.4) is 0 Å². The summed E-state index contributed by atoms with van der Waals surface area (Å²) in [4.78, 5) is 31.2. The second kappa shape index (κ2) is 7.15. The molecule has 4 rings (SSSR count). The second-order valence-electron chi connectivity index (χ2n) is 6.19. The Labute approximate surface area is 158 Å². The molecule has 0 radical (unpaired) electrons. The Balaban J connectivity index is 1.79. The molecule has 3 aromatic rings. The van der Waals surface area contributed by atoms with Crippen molar-refractivity contribution in [3.05, 3.63) is 70.9 Å². The molecule has 2 N–H and O–H groups in total. The third kappa shape index (κ3) is 3.20. The first-order chi connectivity index (χ1) is 13.6. The SMILES string of the molecule is O=CCc1ccc(Nc2nc(-c3c(F)cccc3F)nc3c2C(=O)NC3)cc1. The van der Waals surface area contributed by atoms with Gasteiger partial charge in [-0.3, -0.25) is 4.79 Å². The molecule has 2 aromatic carbocycles. The van der Waals surface area contributed by atoms with Gasteiger partial charge >= 0.3 is 0 Å². The highest BCUT2D eigenvalue weighted by Gasteiger charge is 2.28. The lowest BCUT2D eigenvalue weighted by molar-refractivity contribution is -0.107. The van der Waals surface area contributed by atoms with Crippen molar-refractivity contribution in [3.8, 4) is 11.4 Å². The number of anilines is 2. The number of aromatic nitrogens is 2. The molecule has 1 aliphatic rings. The first-order valence-corrected chi connectivity index (χ1v) is 8.50. The maximum atomic E-state index is 14.2. The van der Waals surface area contributed by atoms with Crippen molar-refractivity contribution in [2.45, 2.75) is 13.0 Å². The minimum atomic E-state index is -0.790. The van der Waals surface area contributed by atoms with E-state index in [4.69, 9.17) is 0 Å². The summed E-state index contributed by atoms with van der Waals surface area (Å²) in [5.74, 6) is -1.94. The minimum absolute atomic E-state index is 0.146. The van der Waals surface area contributed by atoms with Crippen molar-refractivity contribution in [2.75, 3.05) is 5.32 Å². The number of nitrogens with one attached hydrogen (secondary N) is 2. The predicted molar refractivity (Wildman–Crippen MR) is 98.0 cm³/mol. The molecule has 6 nitrogen and oxygen atoms in total. The molecule has 0 spiro atoms. The summed E-state index contributed by atoms with van der Waals surface area (Å²) in [6, 6.07) is 10.5. The lowest BCUT2D eigenvalue weighted by Crippen LogP contribution is -2.14. The number of benzene rings is 2. The summed E-state index contributed by atoms with van der Waals surface area (Å²) < 4.78 is 28.4. The van der Waals surface area contributed by atoms with Gasteiger partial charge in [-0.05, 0) is 29.8 Å². The van der Waals surface area contributed by atoms with Crippen LogP contribution in [0.1, 0.15) is 21.6 Å². The zero-order valence-electron chi connectivity index (χ0n) is 14.5. The maximum absolute atomic E-state index is 14.2. The van der Waals surface area contributed by atoms with E-state index < -0.39 is 11.6 Å². The van der Waals surface area contributed by atoms with Gasteiger partial charge in [0.2, 0.25) is 0 Å². The van der Waals surface area contributed by atoms with Crippen LogP contribution in [-0.2, 0) is 17.8 Å². The molecule has 2 heterocycles. The average molecular weight is 380 g/mol. The Morgan fingerprint density at radius 1 is 1.04 bits per heavy atom. The fourth-order valence-corrected chi connectivity index (χ4v) is 3.00. The maximum Gasteiger partial charge on any atom is 0.257 e. The second-order valence-corrected chi connectivity index (χ2v) is 6.19. The van der Waals surface area contributed by atoms with Crippen LogP contribution in [0.4, 0.5) is 20.3 Å². The largest absolute Gasteiger partial charge is 0.346 e. The van der Waals surface area contributed by atoms with E-state index in [9.17, 15) is 18.4 Å². The molecule has 0 unspecified atom stereocenters. The molecule has 0 saturated heterocycles. The van der Waals surface area contributed by atoms with E-state index in [0.717, 1.165) is 24.0 Å². The Hall–Kier alpha value is -3.68. The molecule has 0 aliphatic carbocycles. The number of carbonyl (C=O) groups excluding carboxylic acids is 2. The first-order valence-electron chi connectivity index (χ1n) is 8.50. The van der Waals surface area contributed by atoms with Gasteiger partial charge in [0.25, 0.3) is 5.91 Å².